The Morgan fingerprint density at radius 1 is 1.46 bits per heavy atom. The van der Waals surface area contributed by atoms with Crippen LogP contribution in [0.1, 0.15) is 27.7 Å². The van der Waals surface area contributed by atoms with Gasteiger partial charge in [0.05, 0.1) is 6.61 Å². The molecule has 0 aromatic carbocycles. The number of hydrogen-bond donors (Lipinski definition) is 0. The van der Waals surface area contributed by atoms with E-state index in [0.717, 1.165) is 5.57 Å². The topological polar surface area (TPSA) is 26.3 Å². The predicted molar refractivity (Wildman–Crippen MR) is 58.0 cm³/mol. The van der Waals surface area contributed by atoms with E-state index in [4.69, 9.17) is 4.74 Å². The molecule has 0 saturated heterocycles. The van der Waals surface area contributed by atoms with E-state index >= 15 is 0 Å². The summed E-state index contributed by atoms with van der Waals surface area (Å²) in [5.74, 6) is -0.258. The summed E-state index contributed by atoms with van der Waals surface area (Å²) in [6, 6.07) is 0. The Balaban J connectivity index is 4.48. The molecule has 0 aliphatic carbocycles. The second-order valence-electron chi connectivity index (χ2n) is 3.81. The number of esters is 1. The molecule has 3 heteroatoms. The molecule has 0 spiro atoms. The van der Waals surface area contributed by atoms with E-state index in [1.54, 1.807) is 13.0 Å². The van der Waals surface area contributed by atoms with Crippen molar-refractivity contribution in [1.29, 1.82) is 0 Å². The summed E-state index contributed by atoms with van der Waals surface area (Å²) in [7, 11) is 0. The van der Waals surface area contributed by atoms with Gasteiger partial charge in [-0.3, -0.25) is 0 Å². The molecular weight excluding hydrogens is 232 g/mol. The predicted octanol–water partition coefficient (Wildman–Crippen LogP) is 2.92. The van der Waals surface area contributed by atoms with Crippen LogP contribution in [0.5, 0.6) is 0 Å². The number of hydrogen-bond acceptors (Lipinski definition) is 2. The van der Waals surface area contributed by atoms with Crippen molar-refractivity contribution in [3.8, 4) is 0 Å². The molecule has 0 N–H and O–H groups in total. The van der Waals surface area contributed by atoms with Crippen molar-refractivity contribution in [2.24, 2.45) is 5.41 Å². The quantitative estimate of drug-likeness (QED) is 0.436. The fourth-order valence-corrected chi connectivity index (χ4v) is 1.78. The lowest BCUT2D eigenvalue weighted by Gasteiger charge is -2.20. The molecule has 0 aliphatic rings. The van der Waals surface area contributed by atoms with Gasteiger partial charge in [-0.05, 0) is 17.9 Å². The minimum Gasteiger partial charge on any atom is -0.463 e. The van der Waals surface area contributed by atoms with Gasteiger partial charge < -0.3 is 4.74 Å². The molecule has 0 fully saturated rings. The van der Waals surface area contributed by atoms with Crippen LogP contribution >= 0.6 is 15.9 Å². The van der Waals surface area contributed by atoms with Gasteiger partial charge in [-0.2, -0.15) is 0 Å². The Kier molecular flexibility index (Phi) is 5.30. The molecule has 0 saturated carbocycles. The zero-order chi connectivity index (χ0) is 10.5. The number of carbonyl (C=O) groups is 1. The fraction of sp³-hybridized carbons (Fsp3) is 0.700. The molecule has 2 nitrogen and oxygen atoms in total. The van der Waals surface area contributed by atoms with E-state index in [9.17, 15) is 4.79 Å². The molecule has 0 atom stereocenters. The summed E-state index contributed by atoms with van der Waals surface area (Å²) in [4.78, 5) is 11.1. The largest absolute Gasteiger partial charge is 0.463 e. The Bertz CT molecular complexity index is 201. The zero-order valence-electron chi connectivity index (χ0n) is 8.69. The molecule has 0 bridgehead atoms. The Labute approximate surface area is 88.5 Å². The third kappa shape index (κ3) is 5.09. The molecule has 13 heavy (non-hydrogen) atoms. The van der Waals surface area contributed by atoms with Crippen LogP contribution in [0.4, 0.5) is 0 Å². The summed E-state index contributed by atoms with van der Waals surface area (Å²) in [6.07, 6.45) is 1.57. The van der Waals surface area contributed by atoms with E-state index in [0.29, 0.717) is 11.9 Å². The molecule has 0 amide bonds. The highest BCUT2D eigenvalue weighted by Gasteiger charge is 2.17. The van der Waals surface area contributed by atoms with E-state index in [-0.39, 0.29) is 11.4 Å². The van der Waals surface area contributed by atoms with Crippen molar-refractivity contribution < 1.29 is 9.53 Å². The zero-order valence-corrected chi connectivity index (χ0v) is 10.3. The standard InChI is InChI=1S/C10H17BrO2/c1-5-13-9(12)6-8(7-11)10(2,3)4/h6H,5,7H2,1-4H3/b8-6-. The van der Waals surface area contributed by atoms with Gasteiger partial charge in [0.1, 0.15) is 0 Å². The number of rotatable bonds is 3. The Morgan fingerprint density at radius 3 is 2.31 bits per heavy atom. The third-order valence-electron chi connectivity index (χ3n) is 1.69. The molecule has 0 aromatic rings. The summed E-state index contributed by atoms with van der Waals surface area (Å²) >= 11 is 3.36. The maximum absolute atomic E-state index is 11.1. The normalized spacial score (nSPS) is 12.8. The van der Waals surface area contributed by atoms with Gasteiger partial charge in [-0.15, -0.1) is 0 Å². The van der Waals surface area contributed by atoms with Crippen LogP contribution in [0, 0.1) is 5.41 Å². The average molecular weight is 249 g/mol. The van der Waals surface area contributed by atoms with Gasteiger partial charge in [0, 0.05) is 11.4 Å². The van der Waals surface area contributed by atoms with Crippen LogP contribution in [0.25, 0.3) is 0 Å². The van der Waals surface area contributed by atoms with E-state index in [1.165, 1.54) is 0 Å². The van der Waals surface area contributed by atoms with Gasteiger partial charge >= 0.3 is 5.97 Å². The first-order valence-electron chi connectivity index (χ1n) is 4.35. The second kappa shape index (κ2) is 5.43. The van der Waals surface area contributed by atoms with Gasteiger partial charge in [-0.1, -0.05) is 36.7 Å². The van der Waals surface area contributed by atoms with Crippen LogP contribution in [0.2, 0.25) is 0 Å². The van der Waals surface area contributed by atoms with Gasteiger partial charge in [0.25, 0.3) is 0 Å². The second-order valence-corrected chi connectivity index (χ2v) is 4.37. The minimum atomic E-state index is -0.258. The average Bonchev–Trinajstić information content (AvgIpc) is 1.98. The highest BCUT2D eigenvalue weighted by Crippen LogP contribution is 2.26. The minimum absolute atomic E-state index is 0.0102. The smallest absolute Gasteiger partial charge is 0.330 e. The monoisotopic (exact) mass is 248 g/mol. The molecule has 0 rings (SSSR count). The summed E-state index contributed by atoms with van der Waals surface area (Å²) < 4.78 is 4.83. The number of carbonyl (C=O) groups excluding carboxylic acids is 1. The van der Waals surface area contributed by atoms with Crippen molar-refractivity contribution in [3.63, 3.8) is 0 Å². The Hall–Kier alpha value is -0.310. The lowest BCUT2D eigenvalue weighted by Crippen LogP contribution is -2.13. The molecular formula is C10H17BrO2. The summed E-state index contributed by atoms with van der Waals surface area (Å²) in [5, 5.41) is 0.704. The number of alkyl halides is 1. The number of ether oxygens (including phenoxy) is 1. The first-order chi connectivity index (χ1) is 5.91. The van der Waals surface area contributed by atoms with Crippen LogP contribution in [0.15, 0.2) is 11.6 Å². The molecule has 0 heterocycles. The fourth-order valence-electron chi connectivity index (χ4n) is 0.782. The lowest BCUT2D eigenvalue weighted by atomic mass is 9.87. The number of halogens is 1. The van der Waals surface area contributed by atoms with E-state index in [2.05, 4.69) is 36.7 Å². The van der Waals surface area contributed by atoms with E-state index < -0.39 is 0 Å². The summed E-state index contributed by atoms with van der Waals surface area (Å²) in [6.45, 7) is 8.43. The Morgan fingerprint density at radius 2 is 2.00 bits per heavy atom. The number of allylic oxidation sites excluding steroid dienone is 1. The van der Waals surface area contributed by atoms with Crippen molar-refractivity contribution in [3.05, 3.63) is 11.6 Å². The van der Waals surface area contributed by atoms with Gasteiger partial charge in [0.15, 0.2) is 0 Å². The molecule has 0 aromatic heterocycles. The first-order valence-corrected chi connectivity index (χ1v) is 5.47. The van der Waals surface area contributed by atoms with Crippen molar-refractivity contribution in [1.82, 2.24) is 0 Å². The van der Waals surface area contributed by atoms with Gasteiger partial charge in [0.2, 0.25) is 0 Å². The van der Waals surface area contributed by atoms with E-state index in [1.807, 2.05) is 0 Å². The molecule has 0 aliphatic heterocycles. The lowest BCUT2D eigenvalue weighted by molar-refractivity contribution is -0.137. The van der Waals surface area contributed by atoms with Crippen LogP contribution in [-0.4, -0.2) is 17.9 Å². The van der Waals surface area contributed by atoms with Crippen molar-refractivity contribution in [2.45, 2.75) is 27.7 Å². The third-order valence-corrected chi connectivity index (χ3v) is 2.29. The highest BCUT2D eigenvalue weighted by atomic mass is 79.9. The molecule has 0 radical (unpaired) electrons. The molecule has 0 unspecified atom stereocenters. The van der Waals surface area contributed by atoms with Crippen LogP contribution in [0.3, 0.4) is 0 Å². The van der Waals surface area contributed by atoms with Gasteiger partial charge in [-0.25, -0.2) is 4.79 Å². The summed E-state index contributed by atoms with van der Waals surface area (Å²) in [5.41, 5.74) is 1.06. The molecule has 76 valence electrons. The first kappa shape index (κ1) is 12.7. The maximum atomic E-state index is 11.1. The van der Waals surface area contributed by atoms with Crippen LogP contribution in [-0.2, 0) is 9.53 Å². The SMILES string of the molecule is CCOC(=O)/C=C(/CBr)C(C)(C)C. The van der Waals surface area contributed by atoms with Crippen molar-refractivity contribution >= 4 is 21.9 Å². The van der Waals surface area contributed by atoms with Crippen LogP contribution < -0.4 is 0 Å². The highest BCUT2D eigenvalue weighted by molar-refractivity contribution is 9.09. The van der Waals surface area contributed by atoms with Crippen molar-refractivity contribution in [2.75, 3.05) is 11.9 Å². The maximum Gasteiger partial charge on any atom is 0.330 e.